The van der Waals surface area contributed by atoms with E-state index in [0.717, 1.165) is 23.3 Å². The molecule has 19 heavy (non-hydrogen) atoms. The molecule has 2 N–H and O–H groups in total. The smallest absolute Gasteiger partial charge is 0.143 e. The van der Waals surface area contributed by atoms with Gasteiger partial charge in [0, 0.05) is 5.25 Å². The standard InChI is InChI=1S/C16H19NOS/c1-2-15(19)13-9-6-10-14(16(13)17)18-11-12-7-4-3-5-8-12/h3-10,15,19H,2,11,17H2,1H3. The van der Waals surface area contributed by atoms with E-state index in [1.54, 1.807) is 0 Å². The number of nitrogens with two attached hydrogens (primary N) is 1. The van der Waals surface area contributed by atoms with Crippen LogP contribution in [-0.2, 0) is 6.61 Å². The van der Waals surface area contributed by atoms with Gasteiger partial charge in [-0.25, -0.2) is 0 Å². The van der Waals surface area contributed by atoms with Gasteiger partial charge in [0.25, 0.3) is 0 Å². The predicted octanol–water partition coefficient (Wildman–Crippen LogP) is 4.23. The molecular formula is C16H19NOS. The normalized spacial score (nSPS) is 12.1. The van der Waals surface area contributed by atoms with Crippen LogP contribution in [0.3, 0.4) is 0 Å². The summed E-state index contributed by atoms with van der Waals surface area (Å²) in [5.41, 5.74) is 9.01. The van der Waals surface area contributed by atoms with Gasteiger partial charge in [-0.3, -0.25) is 0 Å². The first-order valence-electron chi connectivity index (χ1n) is 6.45. The van der Waals surface area contributed by atoms with Crippen molar-refractivity contribution < 1.29 is 4.74 Å². The van der Waals surface area contributed by atoms with Crippen LogP contribution >= 0.6 is 12.6 Å². The van der Waals surface area contributed by atoms with E-state index in [-0.39, 0.29) is 5.25 Å². The van der Waals surface area contributed by atoms with Crippen LogP contribution in [0.15, 0.2) is 48.5 Å². The maximum absolute atomic E-state index is 6.15. The zero-order valence-electron chi connectivity index (χ0n) is 11.0. The SMILES string of the molecule is CCC(S)c1cccc(OCc2ccccc2)c1N. The molecule has 2 aromatic carbocycles. The van der Waals surface area contributed by atoms with E-state index in [0.29, 0.717) is 12.3 Å². The molecule has 3 heteroatoms. The second-order valence-corrected chi connectivity index (χ2v) is 5.08. The first-order valence-corrected chi connectivity index (χ1v) is 6.97. The number of hydrogen-bond acceptors (Lipinski definition) is 3. The number of ether oxygens (including phenoxy) is 1. The number of benzene rings is 2. The molecule has 0 fully saturated rings. The Balaban J connectivity index is 2.13. The first kappa shape index (κ1) is 13.8. The molecular weight excluding hydrogens is 254 g/mol. The Labute approximate surface area is 120 Å². The molecule has 0 aliphatic carbocycles. The Kier molecular flexibility index (Phi) is 4.74. The van der Waals surface area contributed by atoms with Crippen LogP contribution in [0.2, 0.25) is 0 Å². The molecule has 0 saturated carbocycles. The number of nitrogen functional groups attached to an aromatic ring is 1. The lowest BCUT2D eigenvalue weighted by Gasteiger charge is -2.15. The maximum atomic E-state index is 6.15. The highest BCUT2D eigenvalue weighted by molar-refractivity contribution is 7.80. The van der Waals surface area contributed by atoms with Crippen molar-refractivity contribution in [2.24, 2.45) is 0 Å². The fraction of sp³-hybridized carbons (Fsp3) is 0.250. The molecule has 2 aromatic rings. The summed E-state index contributed by atoms with van der Waals surface area (Å²) in [7, 11) is 0. The Morgan fingerprint density at radius 2 is 1.84 bits per heavy atom. The Hall–Kier alpha value is -1.61. The fourth-order valence-corrected chi connectivity index (χ4v) is 2.16. The summed E-state index contributed by atoms with van der Waals surface area (Å²) in [6, 6.07) is 15.9. The number of hydrogen-bond donors (Lipinski definition) is 2. The Bertz CT molecular complexity index is 528. The first-order chi connectivity index (χ1) is 9.22. The molecule has 0 aliphatic heterocycles. The van der Waals surface area contributed by atoms with Crippen LogP contribution in [0.4, 0.5) is 5.69 Å². The molecule has 0 amide bonds. The molecule has 0 aromatic heterocycles. The van der Waals surface area contributed by atoms with E-state index in [1.165, 1.54) is 0 Å². The van der Waals surface area contributed by atoms with Crippen molar-refractivity contribution >= 4 is 18.3 Å². The summed E-state index contributed by atoms with van der Waals surface area (Å²) >= 11 is 4.54. The Morgan fingerprint density at radius 3 is 2.53 bits per heavy atom. The van der Waals surface area contributed by atoms with Gasteiger partial charge in [0.2, 0.25) is 0 Å². The van der Waals surface area contributed by atoms with Gasteiger partial charge in [0.15, 0.2) is 0 Å². The third kappa shape index (κ3) is 3.44. The zero-order chi connectivity index (χ0) is 13.7. The molecule has 0 bridgehead atoms. The van der Waals surface area contributed by atoms with E-state index in [1.807, 2.05) is 48.5 Å². The molecule has 100 valence electrons. The topological polar surface area (TPSA) is 35.2 Å². The average molecular weight is 273 g/mol. The molecule has 0 heterocycles. The molecule has 1 unspecified atom stereocenters. The van der Waals surface area contributed by atoms with Crippen LogP contribution < -0.4 is 10.5 Å². The summed E-state index contributed by atoms with van der Waals surface area (Å²) in [5.74, 6) is 0.730. The lowest BCUT2D eigenvalue weighted by Crippen LogP contribution is -2.02. The van der Waals surface area contributed by atoms with Crippen molar-refractivity contribution in [2.75, 3.05) is 5.73 Å². The van der Waals surface area contributed by atoms with Gasteiger partial charge in [0.1, 0.15) is 12.4 Å². The van der Waals surface area contributed by atoms with Gasteiger partial charge in [-0.2, -0.15) is 12.6 Å². The van der Waals surface area contributed by atoms with Crippen LogP contribution in [-0.4, -0.2) is 0 Å². The van der Waals surface area contributed by atoms with Crippen molar-refractivity contribution in [3.63, 3.8) is 0 Å². The number of rotatable bonds is 5. The summed E-state index contributed by atoms with van der Waals surface area (Å²) in [6.45, 7) is 2.62. The van der Waals surface area contributed by atoms with Gasteiger partial charge < -0.3 is 10.5 Å². The highest BCUT2D eigenvalue weighted by Crippen LogP contribution is 2.34. The third-order valence-electron chi connectivity index (χ3n) is 3.08. The molecule has 2 nitrogen and oxygen atoms in total. The lowest BCUT2D eigenvalue weighted by molar-refractivity contribution is 0.307. The molecule has 0 saturated heterocycles. The van der Waals surface area contributed by atoms with E-state index in [2.05, 4.69) is 19.6 Å². The van der Waals surface area contributed by atoms with Gasteiger partial charge >= 0.3 is 0 Å². The highest BCUT2D eigenvalue weighted by Gasteiger charge is 2.11. The van der Waals surface area contributed by atoms with E-state index in [4.69, 9.17) is 10.5 Å². The summed E-state index contributed by atoms with van der Waals surface area (Å²) < 4.78 is 5.80. The third-order valence-corrected chi connectivity index (χ3v) is 3.73. The minimum Gasteiger partial charge on any atom is -0.487 e. The van der Waals surface area contributed by atoms with Crippen molar-refractivity contribution in [2.45, 2.75) is 25.2 Å². The number of para-hydroxylation sites is 1. The summed E-state index contributed by atoms with van der Waals surface area (Å²) in [5, 5.41) is 0.153. The van der Waals surface area contributed by atoms with Crippen LogP contribution in [0, 0.1) is 0 Å². The fourth-order valence-electron chi connectivity index (χ4n) is 1.93. The van der Waals surface area contributed by atoms with Gasteiger partial charge in [-0.05, 0) is 23.6 Å². The second kappa shape index (κ2) is 6.53. The maximum Gasteiger partial charge on any atom is 0.143 e. The van der Waals surface area contributed by atoms with Crippen LogP contribution in [0.5, 0.6) is 5.75 Å². The Morgan fingerprint density at radius 1 is 1.11 bits per heavy atom. The van der Waals surface area contributed by atoms with E-state index >= 15 is 0 Å². The average Bonchev–Trinajstić information content (AvgIpc) is 2.46. The van der Waals surface area contributed by atoms with Crippen molar-refractivity contribution in [3.8, 4) is 5.75 Å². The minimum atomic E-state index is 0.153. The van der Waals surface area contributed by atoms with Gasteiger partial charge in [-0.15, -0.1) is 0 Å². The monoisotopic (exact) mass is 273 g/mol. The highest BCUT2D eigenvalue weighted by atomic mass is 32.1. The quantitative estimate of drug-likeness (QED) is 0.631. The van der Waals surface area contributed by atoms with Crippen LogP contribution in [0.25, 0.3) is 0 Å². The molecule has 0 radical (unpaired) electrons. The zero-order valence-corrected chi connectivity index (χ0v) is 11.9. The summed E-state index contributed by atoms with van der Waals surface area (Å²) in [6.07, 6.45) is 0.940. The second-order valence-electron chi connectivity index (χ2n) is 4.46. The minimum absolute atomic E-state index is 0.153. The van der Waals surface area contributed by atoms with Crippen molar-refractivity contribution in [1.82, 2.24) is 0 Å². The van der Waals surface area contributed by atoms with Gasteiger partial charge in [-0.1, -0.05) is 49.4 Å². The van der Waals surface area contributed by atoms with Crippen molar-refractivity contribution in [1.29, 1.82) is 0 Å². The van der Waals surface area contributed by atoms with Gasteiger partial charge in [0.05, 0.1) is 5.69 Å². The molecule has 0 aliphatic rings. The van der Waals surface area contributed by atoms with Crippen molar-refractivity contribution in [3.05, 3.63) is 59.7 Å². The molecule has 0 spiro atoms. The van der Waals surface area contributed by atoms with Crippen LogP contribution in [0.1, 0.15) is 29.7 Å². The largest absolute Gasteiger partial charge is 0.487 e. The number of anilines is 1. The molecule has 2 rings (SSSR count). The number of thiol groups is 1. The molecule has 1 atom stereocenters. The summed E-state index contributed by atoms with van der Waals surface area (Å²) in [4.78, 5) is 0. The van der Waals surface area contributed by atoms with E-state index < -0.39 is 0 Å². The van der Waals surface area contributed by atoms with E-state index in [9.17, 15) is 0 Å². The predicted molar refractivity (Wildman–Crippen MR) is 83.6 cm³/mol. The lowest BCUT2D eigenvalue weighted by atomic mass is 10.1.